The molecule has 17 heavy (non-hydrogen) atoms. The standard InChI is InChI=1S/C12H16NO3P/c1-3-15-17(14,16-4-2)9-8-11-6-5-7-12(13)10-11/h5-7,10H,3-4,13H2,1-2H3. The summed E-state index contributed by atoms with van der Waals surface area (Å²) < 4.78 is 22.1. The molecule has 0 heterocycles. The van der Waals surface area contributed by atoms with Gasteiger partial charge in [-0.3, -0.25) is 9.05 Å². The monoisotopic (exact) mass is 253 g/mol. The fourth-order valence-corrected chi connectivity index (χ4v) is 2.34. The minimum atomic E-state index is -3.30. The third kappa shape index (κ3) is 4.62. The molecular weight excluding hydrogens is 237 g/mol. The quantitative estimate of drug-likeness (QED) is 0.509. The molecule has 2 N–H and O–H groups in total. The van der Waals surface area contributed by atoms with Crippen LogP contribution in [0.2, 0.25) is 0 Å². The Morgan fingerprint density at radius 3 is 2.47 bits per heavy atom. The van der Waals surface area contributed by atoms with Gasteiger partial charge in [0.1, 0.15) is 0 Å². The zero-order chi connectivity index (χ0) is 12.7. The van der Waals surface area contributed by atoms with Crippen LogP contribution in [0.5, 0.6) is 0 Å². The molecule has 0 radical (unpaired) electrons. The van der Waals surface area contributed by atoms with E-state index >= 15 is 0 Å². The smallest absolute Gasteiger partial charge is 0.399 e. The van der Waals surface area contributed by atoms with Crippen molar-refractivity contribution in [1.82, 2.24) is 0 Å². The van der Waals surface area contributed by atoms with Crippen molar-refractivity contribution >= 4 is 13.3 Å². The van der Waals surface area contributed by atoms with Crippen LogP contribution in [0, 0.1) is 11.6 Å². The van der Waals surface area contributed by atoms with Crippen LogP contribution in [-0.4, -0.2) is 13.2 Å². The van der Waals surface area contributed by atoms with Crippen LogP contribution in [-0.2, 0) is 13.6 Å². The lowest BCUT2D eigenvalue weighted by Crippen LogP contribution is -1.93. The molecule has 0 amide bonds. The Hall–Kier alpha value is -1.27. The molecule has 0 fully saturated rings. The number of benzene rings is 1. The van der Waals surface area contributed by atoms with E-state index in [1.165, 1.54) is 0 Å². The Kier molecular flexibility index (Phi) is 5.24. The molecule has 0 unspecified atom stereocenters. The van der Waals surface area contributed by atoms with E-state index in [9.17, 15) is 4.57 Å². The molecule has 1 aromatic rings. The van der Waals surface area contributed by atoms with Gasteiger partial charge >= 0.3 is 7.60 Å². The molecular formula is C12H16NO3P. The van der Waals surface area contributed by atoms with Gasteiger partial charge in [0, 0.05) is 16.9 Å². The highest BCUT2D eigenvalue weighted by Crippen LogP contribution is 2.46. The molecule has 1 aromatic carbocycles. The lowest BCUT2D eigenvalue weighted by Gasteiger charge is -2.09. The van der Waals surface area contributed by atoms with Gasteiger partial charge in [-0.15, -0.1) is 0 Å². The number of nitrogen functional groups attached to an aromatic ring is 1. The lowest BCUT2D eigenvalue weighted by molar-refractivity contribution is 0.230. The normalized spacial score (nSPS) is 10.7. The Bertz CT molecular complexity index is 466. The van der Waals surface area contributed by atoms with Crippen molar-refractivity contribution in [1.29, 1.82) is 0 Å². The molecule has 0 aromatic heterocycles. The van der Waals surface area contributed by atoms with E-state index in [1.807, 2.05) is 0 Å². The molecule has 92 valence electrons. The van der Waals surface area contributed by atoms with Gasteiger partial charge in [-0.1, -0.05) is 12.0 Å². The van der Waals surface area contributed by atoms with Gasteiger partial charge in [0.15, 0.2) is 0 Å². The molecule has 1 rings (SSSR count). The molecule has 0 aliphatic carbocycles. The lowest BCUT2D eigenvalue weighted by atomic mass is 10.2. The molecule has 0 spiro atoms. The van der Waals surface area contributed by atoms with Gasteiger partial charge in [0.2, 0.25) is 0 Å². The van der Waals surface area contributed by atoms with E-state index in [1.54, 1.807) is 38.1 Å². The molecule has 4 nitrogen and oxygen atoms in total. The van der Waals surface area contributed by atoms with Crippen LogP contribution in [0.15, 0.2) is 24.3 Å². The second kappa shape index (κ2) is 6.46. The molecule has 0 aliphatic rings. The predicted molar refractivity (Wildman–Crippen MR) is 68.6 cm³/mol. The van der Waals surface area contributed by atoms with Gasteiger partial charge in [0.25, 0.3) is 0 Å². The van der Waals surface area contributed by atoms with Gasteiger partial charge in [0.05, 0.1) is 13.2 Å². The van der Waals surface area contributed by atoms with E-state index in [4.69, 9.17) is 14.8 Å². The summed E-state index contributed by atoms with van der Waals surface area (Å²) in [5.41, 5.74) is 9.46. The minimum absolute atomic E-state index is 0.295. The largest absolute Gasteiger partial charge is 0.405 e. The first-order valence-electron chi connectivity index (χ1n) is 5.37. The van der Waals surface area contributed by atoms with Gasteiger partial charge in [-0.05, 0) is 32.0 Å². The third-order valence-electron chi connectivity index (χ3n) is 1.82. The first kappa shape index (κ1) is 13.8. The van der Waals surface area contributed by atoms with Crippen LogP contribution in [0.1, 0.15) is 19.4 Å². The maximum absolute atomic E-state index is 12.0. The Morgan fingerprint density at radius 1 is 1.29 bits per heavy atom. The molecule has 0 atom stereocenters. The number of nitrogens with two attached hydrogens (primary N) is 1. The van der Waals surface area contributed by atoms with Gasteiger partial charge in [-0.25, -0.2) is 4.57 Å². The average molecular weight is 253 g/mol. The van der Waals surface area contributed by atoms with Crippen LogP contribution in [0.4, 0.5) is 5.69 Å². The number of anilines is 1. The number of hydrogen-bond donors (Lipinski definition) is 1. The highest BCUT2D eigenvalue weighted by molar-refractivity contribution is 7.59. The van der Waals surface area contributed by atoms with Crippen molar-refractivity contribution in [3.8, 4) is 11.6 Å². The summed E-state index contributed by atoms with van der Waals surface area (Å²) in [6.07, 6.45) is 0. The molecule has 5 heteroatoms. The summed E-state index contributed by atoms with van der Waals surface area (Å²) in [6, 6.07) is 7.03. The van der Waals surface area contributed by atoms with Gasteiger partial charge < -0.3 is 5.73 Å². The summed E-state index contributed by atoms with van der Waals surface area (Å²) in [7, 11) is -3.30. The predicted octanol–water partition coefficient (Wildman–Crippen LogP) is 2.84. The molecule has 0 saturated carbocycles. The first-order chi connectivity index (χ1) is 8.09. The van der Waals surface area contributed by atoms with E-state index in [0.717, 1.165) is 0 Å². The first-order valence-corrected chi connectivity index (χ1v) is 6.92. The van der Waals surface area contributed by atoms with E-state index in [2.05, 4.69) is 11.6 Å². The number of rotatable bonds is 4. The SMILES string of the molecule is CCOP(=O)(C#Cc1cccc(N)c1)OCC. The summed E-state index contributed by atoms with van der Waals surface area (Å²) in [5, 5.41) is 0. The summed E-state index contributed by atoms with van der Waals surface area (Å²) in [6.45, 7) is 4.08. The second-order valence-electron chi connectivity index (χ2n) is 3.20. The maximum Gasteiger partial charge on any atom is 0.405 e. The van der Waals surface area contributed by atoms with Crippen LogP contribution in [0.3, 0.4) is 0 Å². The van der Waals surface area contributed by atoms with E-state index in [0.29, 0.717) is 24.5 Å². The average Bonchev–Trinajstić information content (AvgIpc) is 2.27. The molecule has 0 saturated heterocycles. The van der Waals surface area contributed by atoms with Crippen molar-refractivity contribution in [3.63, 3.8) is 0 Å². The zero-order valence-corrected chi connectivity index (χ0v) is 10.9. The highest BCUT2D eigenvalue weighted by atomic mass is 31.2. The van der Waals surface area contributed by atoms with Crippen molar-refractivity contribution in [2.24, 2.45) is 0 Å². The highest BCUT2D eigenvalue weighted by Gasteiger charge is 2.19. The van der Waals surface area contributed by atoms with Crippen LogP contribution < -0.4 is 5.73 Å². The molecule has 0 bridgehead atoms. The molecule has 0 aliphatic heterocycles. The van der Waals surface area contributed by atoms with E-state index < -0.39 is 7.60 Å². The Labute approximate surface area is 102 Å². The van der Waals surface area contributed by atoms with Crippen LogP contribution >= 0.6 is 7.60 Å². The fourth-order valence-electron chi connectivity index (χ4n) is 1.19. The third-order valence-corrected chi connectivity index (χ3v) is 3.40. The fraction of sp³-hybridized carbons (Fsp3) is 0.333. The van der Waals surface area contributed by atoms with Crippen molar-refractivity contribution in [2.75, 3.05) is 18.9 Å². The summed E-state index contributed by atoms with van der Waals surface area (Å²) >= 11 is 0. The zero-order valence-electron chi connectivity index (χ0n) is 9.97. The topological polar surface area (TPSA) is 61.5 Å². The van der Waals surface area contributed by atoms with Crippen molar-refractivity contribution in [2.45, 2.75) is 13.8 Å². The number of hydrogen-bond acceptors (Lipinski definition) is 4. The minimum Gasteiger partial charge on any atom is -0.399 e. The van der Waals surface area contributed by atoms with Gasteiger partial charge in [-0.2, -0.15) is 0 Å². The summed E-state index contributed by atoms with van der Waals surface area (Å²) in [5.74, 6) is 2.75. The second-order valence-corrected chi connectivity index (χ2v) is 4.93. The maximum atomic E-state index is 12.0. The Morgan fingerprint density at radius 2 is 1.94 bits per heavy atom. The summed E-state index contributed by atoms with van der Waals surface area (Å²) in [4.78, 5) is 0. The Balaban J connectivity index is 2.91. The van der Waals surface area contributed by atoms with E-state index in [-0.39, 0.29) is 0 Å². The van der Waals surface area contributed by atoms with Crippen molar-refractivity contribution < 1.29 is 13.6 Å². The van der Waals surface area contributed by atoms with Crippen LogP contribution in [0.25, 0.3) is 0 Å². The van der Waals surface area contributed by atoms with Crippen molar-refractivity contribution in [3.05, 3.63) is 29.8 Å².